The van der Waals surface area contributed by atoms with E-state index in [1.165, 1.54) is 120 Å². The molecule has 0 aliphatic carbocycles. The van der Waals surface area contributed by atoms with Gasteiger partial charge in [-0.15, -0.1) is 0 Å². The third kappa shape index (κ3) is 4.66. The van der Waals surface area contributed by atoms with Crippen molar-refractivity contribution in [2.45, 2.75) is 0 Å². The number of para-hydroxylation sites is 2. The van der Waals surface area contributed by atoms with Crippen molar-refractivity contribution in [1.29, 1.82) is 0 Å². The summed E-state index contributed by atoms with van der Waals surface area (Å²) < 4.78 is 4.67. The Morgan fingerprint density at radius 1 is 0.276 bits per heavy atom. The predicted molar refractivity (Wildman–Crippen MR) is 249 cm³/mol. The summed E-state index contributed by atoms with van der Waals surface area (Å²) in [7, 11) is 4.37. The number of hydrogen-bond donors (Lipinski definition) is 0. The van der Waals surface area contributed by atoms with Gasteiger partial charge in [0.2, 0.25) is 0 Å². The summed E-state index contributed by atoms with van der Waals surface area (Å²) in [5.74, 6) is 0. The third-order valence-electron chi connectivity index (χ3n) is 12.8. The molecule has 10 aromatic carbocycles. The first kappa shape index (κ1) is 32.8. The fourth-order valence-electron chi connectivity index (χ4n) is 10.1. The van der Waals surface area contributed by atoms with Crippen molar-refractivity contribution in [3.05, 3.63) is 194 Å². The van der Waals surface area contributed by atoms with Crippen LogP contribution in [0.4, 0.5) is 0 Å². The number of nitrogens with zero attached hydrogens (tertiary/aromatic N) is 2. The van der Waals surface area contributed by atoms with Crippen LogP contribution in [0.15, 0.2) is 194 Å². The highest BCUT2D eigenvalue weighted by Crippen LogP contribution is 2.47. The van der Waals surface area contributed by atoms with Crippen LogP contribution in [0.3, 0.4) is 0 Å². The second-order valence-electron chi connectivity index (χ2n) is 15.7. The van der Waals surface area contributed by atoms with Crippen LogP contribution < -0.4 is 0 Å². The zero-order chi connectivity index (χ0) is 38.5. The highest BCUT2D eigenvalue weighted by molar-refractivity contribution is 6.24. The molecule has 2 nitrogen and oxygen atoms in total. The van der Waals surface area contributed by atoms with Crippen LogP contribution in [0, 0.1) is 0 Å². The molecule has 0 amide bonds. The fraction of sp³-hybridized carbons (Fsp3) is 0.0357. The van der Waals surface area contributed by atoms with Crippen molar-refractivity contribution in [1.82, 2.24) is 9.13 Å². The van der Waals surface area contributed by atoms with Gasteiger partial charge in [0.05, 0.1) is 0 Å². The molecule has 0 aliphatic rings. The first-order valence-corrected chi connectivity index (χ1v) is 20.1. The minimum atomic E-state index is 1.22. The maximum Gasteiger partial charge on any atom is 0.0495 e. The van der Waals surface area contributed by atoms with Gasteiger partial charge in [0.25, 0.3) is 0 Å². The molecule has 0 bridgehead atoms. The molecule has 12 rings (SSSR count). The van der Waals surface area contributed by atoms with Gasteiger partial charge in [-0.2, -0.15) is 0 Å². The van der Waals surface area contributed by atoms with Crippen LogP contribution in [0.25, 0.3) is 120 Å². The quantitative estimate of drug-likeness (QED) is 0.159. The van der Waals surface area contributed by atoms with Gasteiger partial charge in [-0.05, 0) is 113 Å². The number of benzene rings is 10. The van der Waals surface area contributed by atoms with E-state index in [2.05, 4.69) is 217 Å². The Bertz CT molecular complexity index is 3460. The van der Waals surface area contributed by atoms with E-state index >= 15 is 0 Å². The molecule has 272 valence electrons. The van der Waals surface area contributed by atoms with Gasteiger partial charge in [-0.3, -0.25) is 0 Å². The van der Waals surface area contributed by atoms with E-state index < -0.39 is 0 Å². The van der Waals surface area contributed by atoms with Crippen molar-refractivity contribution in [2.75, 3.05) is 0 Å². The molecule has 0 unspecified atom stereocenters. The molecule has 0 N–H and O–H groups in total. The van der Waals surface area contributed by atoms with Crippen LogP contribution in [-0.2, 0) is 14.1 Å². The Labute approximate surface area is 336 Å². The van der Waals surface area contributed by atoms with Crippen molar-refractivity contribution in [3.63, 3.8) is 0 Å². The van der Waals surface area contributed by atoms with Crippen molar-refractivity contribution in [3.8, 4) is 44.5 Å². The summed E-state index contributed by atoms with van der Waals surface area (Å²) in [5.41, 5.74) is 14.9. The lowest BCUT2D eigenvalue weighted by molar-refractivity contribution is 1.01. The van der Waals surface area contributed by atoms with E-state index in [9.17, 15) is 0 Å². The molecule has 0 atom stereocenters. The van der Waals surface area contributed by atoms with Gasteiger partial charge in [-0.1, -0.05) is 158 Å². The number of hydrogen-bond acceptors (Lipinski definition) is 0. The molecule has 2 heteroatoms. The normalized spacial score (nSPS) is 12.0. The molecule has 2 aromatic heterocycles. The van der Waals surface area contributed by atoms with Gasteiger partial charge < -0.3 is 9.13 Å². The average Bonchev–Trinajstić information content (AvgIpc) is 3.75. The van der Waals surface area contributed by atoms with Crippen LogP contribution in [0.5, 0.6) is 0 Å². The second kappa shape index (κ2) is 12.5. The van der Waals surface area contributed by atoms with Crippen LogP contribution >= 0.6 is 0 Å². The second-order valence-corrected chi connectivity index (χ2v) is 15.7. The molecule has 0 fully saturated rings. The molecule has 58 heavy (non-hydrogen) atoms. The minimum Gasteiger partial charge on any atom is -0.344 e. The summed E-state index contributed by atoms with van der Waals surface area (Å²) in [6.45, 7) is 0. The summed E-state index contributed by atoms with van der Waals surface area (Å²) in [4.78, 5) is 0. The SMILES string of the molecule is Cn1c2ccccc2c2c(-c3cccc4c(-c5ccc6c(-c7ccccc7)cccc6c5)c5cccc(-c6cccc7c6c6ccccc6n7C)c5cc34)cccc21. The predicted octanol–water partition coefficient (Wildman–Crippen LogP) is 15.1. The van der Waals surface area contributed by atoms with Crippen LogP contribution in [0.1, 0.15) is 0 Å². The van der Waals surface area contributed by atoms with E-state index in [0.717, 1.165) is 0 Å². The minimum absolute atomic E-state index is 1.22. The summed E-state index contributed by atoms with van der Waals surface area (Å²) in [6, 6.07) is 72.1. The summed E-state index contributed by atoms with van der Waals surface area (Å²) in [6.07, 6.45) is 0. The number of fused-ring (bicyclic) bond motifs is 9. The maximum absolute atomic E-state index is 2.49. The maximum atomic E-state index is 2.49. The van der Waals surface area contributed by atoms with E-state index in [1.54, 1.807) is 0 Å². The number of rotatable bonds is 4. The Balaban J connectivity index is 1.21. The molecule has 2 heterocycles. The van der Waals surface area contributed by atoms with Crippen molar-refractivity contribution in [2.24, 2.45) is 14.1 Å². The lowest BCUT2D eigenvalue weighted by Gasteiger charge is -2.19. The Hall–Kier alpha value is -7.42. The lowest BCUT2D eigenvalue weighted by Crippen LogP contribution is -1.92. The van der Waals surface area contributed by atoms with E-state index in [1.807, 2.05) is 0 Å². The van der Waals surface area contributed by atoms with E-state index in [4.69, 9.17) is 0 Å². The number of aryl methyl sites for hydroxylation is 2. The topological polar surface area (TPSA) is 9.86 Å². The lowest BCUT2D eigenvalue weighted by atomic mass is 9.84. The van der Waals surface area contributed by atoms with Gasteiger partial charge in [-0.25, -0.2) is 0 Å². The highest BCUT2D eigenvalue weighted by atomic mass is 14.9. The Morgan fingerprint density at radius 2 is 0.741 bits per heavy atom. The molecule has 0 saturated heterocycles. The van der Waals surface area contributed by atoms with Gasteiger partial charge in [0, 0.05) is 57.7 Å². The molecule has 12 aromatic rings. The first-order chi connectivity index (χ1) is 28.6. The van der Waals surface area contributed by atoms with Gasteiger partial charge in [0.1, 0.15) is 0 Å². The van der Waals surface area contributed by atoms with Crippen molar-refractivity contribution >= 4 is 75.9 Å². The molecule has 0 spiro atoms. The summed E-state index contributed by atoms with van der Waals surface area (Å²) >= 11 is 0. The Kier molecular flexibility index (Phi) is 7.09. The van der Waals surface area contributed by atoms with E-state index in [0.29, 0.717) is 0 Å². The molecule has 0 radical (unpaired) electrons. The van der Waals surface area contributed by atoms with Gasteiger partial charge >= 0.3 is 0 Å². The van der Waals surface area contributed by atoms with Crippen LogP contribution in [-0.4, -0.2) is 9.13 Å². The van der Waals surface area contributed by atoms with Crippen molar-refractivity contribution < 1.29 is 0 Å². The zero-order valence-corrected chi connectivity index (χ0v) is 32.4. The Morgan fingerprint density at radius 3 is 1.34 bits per heavy atom. The highest BCUT2D eigenvalue weighted by Gasteiger charge is 2.21. The molecule has 0 saturated carbocycles. The monoisotopic (exact) mass is 738 g/mol. The molecular weight excluding hydrogens is 701 g/mol. The third-order valence-corrected chi connectivity index (χ3v) is 12.8. The first-order valence-electron chi connectivity index (χ1n) is 20.1. The largest absolute Gasteiger partial charge is 0.344 e. The summed E-state index contributed by atoms with van der Waals surface area (Å²) in [5, 5.41) is 12.6. The van der Waals surface area contributed by atoms with Crippen LogP contribution in [0.2, 0.25) is 0 Å². The smallest absolute Gasteiger partial charge is 0.0495 e. The molecular formula is C56H38N2. The average molecular weight is 739 g/mol. The van der Waals surface area contributed by atoms with E-state index in [-0.39, 0.29) is 0 Å². The van der Waals surface area contributed by atoms with Gasteiger partial charge in [0.15, 0.2) is 0 Å². The molecule has 0 aliphatic heterocycles. The zero-order valence-electron chi connectivity index (χ0n) is 32.4. The fourth-order valence-corrected chi connectivity index (χ4v) is 10.1. The number of aromatic nitrogens is 2. The standard InChI is InChI=1S/C56H38N2/c1-57-50-27-8-6-18-46(50)55-42(25-13-29-52(55)57)40-21-11-23-44-48(40)34-49-41(43-26-14-30-53-56(43)47-19-7-9-28-51(47)58(53)2)22-12-24-45(49)54(44)37-31-32-39-36(33-37)17-10-20-38(39)35-15-4-3-5-16-35/h3-34H,1-2H3.